The molecule has 0 aliphatic rings. The first kappa shape index (κ1) is 33.7. The SMILES string of the molecule is CCCCc1ncc(/C=C(\Cc2cccs2)C(=O)OCCCO[N+](=O)[O-])n1Cc1ccc(C(=O)OCCCO[N+](=O)[O-])cc1. The molecule has 0 amide bonds. The number of aromatic nitrogens is 2. The average molecular weight is 631 g/mol. The van der Waals surface area contributed by atoms with Crippen molar-refractivity contribution in [3.63, 3.8) is 0 Å². The van der Waals surface area contributed by atoms with Crippen molar-refractivity contribution in [3.05, 3.63) is 101 Å². The molecule has 0 aliphatic heterocycles. The van der Waals surface area contributed by atoms with Crippen molar-refractivity contribution in [1.29, 1.82) is 0 Å². The van der Waals surface area contributed by atoms with Gasteiger partial charge in [0.1, 0.15) is 5.82 Å². The van der Waals surface area contributed by atoms with Crippen LogP contribution in [0.25, 0.3) is 6.08 Å². The number of carbonyl (C=O) groups is 2. The summed E-state index contributed by atoms with van der Waals surface area (Å²) in [6.07, 6.45) is 6.82. The van der Waals surface area contributed by atoms with Crippen LogP contribution in [0.4, 0.5) is 0 Å². The molecule has 0 atom stereocenters. The maximum Gasteiger partial charge on any atom is 0.338 e. The highest BCUT2D eigenvalue weighted by Gasteiger charge is 2.17. The van der Waals surface area contributed by atoms with E-state index in [0.717, 1.165) is 35.5 Å². The summed E-state index contributed by atoms with van der Waals surface area (Å²) in [6, 6.07) is 10.7. The molecule has 0 bridgehead atoms. The summed E-state index contributed by atoms with van der Waals surface area (Å²) in [5.74, 6) is -0.233. The van der Waals surface area contributed by atoms with E-state index in [-0.39, 0.29) is 39.3 Å². The number of carbonyl (C=O) groups excluding carboxylic acids is 2. The van der Waals surface area contributed by atoms with Crippen LogP contribution in [0, 0.1) is 20.2 Å². The maximum absolute atomic E-state index is 13.1. The predicted octanol–water partition coefficient (Wildman–Crippen LogP) is 4.86. The molecule has 2 aromatic heterocycles. The predicted molar refractivity (Wildman–Crippen MR) is 159 cm³/mol. The summed E-state index contributed by atoms with van der Waals surface area (Å²) in [7, 11) is 0. The fourth-order valence-electron chi connectivity index (χ4n) is 4.05. The number of esters is 2. The molecule has 236 valence electrons. The zero-order chi connectivity index (χ0) is 31.7. The molecule has 0 fully saturated rings. The molecule has 3 aromatic rings. The van der Waals surface area contributed by atoms with E-state index >= 15 is 0 Å². The van der Waals surface area contributed by atoms with E-state index in [1.807, 2.05) is 22.1 Å². The van der Waals surface area contributed by atoms with Gasteiger partial charge in [0.15, 0.2) is 0 Å². The highest BCUT2D eigenvalue weighted by atomic mass is 32.1. The first-order chi connectivity index (χ1) is 21.3. The third-order valence-electron chi connectivity index (χ3n) is 6.22. The monoisotopic (exact) mass is 630 g/mol. The summed E-state index contributed by atoms with van der Waals surface area (Å²) in [6.45, 7) is 2.14. The Morgan fingerprint density at radius 2 is 1.64 bits per heavy atom. The third-order valence-corrected chi connectivity index (χ3v) is 7.10. The fourth-order valence-corrected chi connectivity index (χ4v) is 4.78. The van der Waals surface area contributed by atoms with Crippen LogP contribution in [0.3, 0.4) is 0 Å². The average Bonchev–Trinajstić information content (AvgIpc) is 3.65. The number of hydrogen-bond donors (Lipinski definition) is 0. The minimum absolute atomic E-state index is 0.0111. The van der Waals surface area contributed by atoms with Gasteiger partial charge in [0.05, 0.1) is 43.9 Å². The van der Waals surface area contributed by atoms with E-state index in [2.05, 4.69) is 21.6 Å². The molecule has 0 saturated heterocycles. The number of imidazole rings is 1. The van der Waals surface area contributed by atoms with Crippen LogP contribution < -0.4 is 0 Å². The number of rotatable bonds is 20. The zero-order valence-corrected chi connectivity index (χ0v) is 25.1. The Hall–Kier alpha value is -4.79. The lowest BCUT2D eigenvalue weighted by Crippen LogP contribution is -2.14. The lowest BCUT2D eigenvalue weighted by atomic mass is 10.1. The van der Waals surface area contributed by atoms with Crippen molar-refractivity contribution in [1.82, 2.24) is 9.55 Å². The van der Waals surface area contributed by atoms with Crippen molar-refractivity contribution in [2.45, 2.75) is 52.0 Å². The maximum atomic E-state index is 13.1. The molecule has 1 aromatic carbocycles. The standard InChI is InChI=1S/C29H34N4O10S/c1-2-3-8-27-30-20-25(18-24(19-26-7-4-17-44-26)29(35)41-14-6-16-43-33(38)39)31(27)21-22-9-11-23(12-10-22)28(34)40-13-5-15-42-32(36)37/h4,7,9-12,17-18,20H,2-3,5-6,8,13-16,19,21H2,1H3/b24-18+. The van der Waals surface area contributed by atoms with Gasteiger partial charge in [-0.3, -0.25) is 0 Å². The fraction of sp³-hybridized carbons (Fsp3) is 0.414. The van der Waals surface area contributed by atoms with Gasteiger partial charge in [0.2, 0.25) is 0 Å². The van der Waals surface area contributed by atoms with Crippen molar-refractivity contribution in [2.24, 2.45) is 0 Å². The van der Waals surface area contributed by atoms with Crippen LogP contribution >= 0.6 is 11.3 Å². The molecule has 15 heteroatoms. The number of thiophene rings is 1. The van der Waals surface area contributed by atoms with Gasteiger partial charge in [-0.15, -0.1) is 31.6 Å². The van der Waals surface area contributed by atoms with Gasteiger partial charge in [-0.2, -0.15) is 0 Å². The molecule has 0 spiro atoms. The number of hydrogen-bond acceptors (Lipinski definition) is 12. The number of aryl methyl sites for hydroxylation is 1. The molecule has 3 rings (SSSR count). The third kappa shape index (κ3) is 11.5. The Morgan fingerprint density at radius 3 is 2.25 bits per heavy atom. The van der Waals surface area contributed by atoms with Crippen LogP contribution in [0.15, 0.2) is 53.5 Å². The van der Waals surface area contributed by atoms with Gasteiger partial charge in [-0.25, -0.2) is 14.6 Å². The lowest BCUT2D eigenvalue weighted by Gasteiger charge is -2.13. The Labute approximate surface area is 257 Å². The van der Waals surface area contributed by atoms with Crippen LogP contribution in [0.2, 0.25) is 0 Å². The van der Waals surface area contributed by atoms with Gasteiger partial charge in [-0.05, 0) is 41.6 Å². The van der Waals surface area contributed by atoms with Crippen LogP contribution in [0.5, 0.6) is 0 Å². The largest absolute Gasteiger partial charge is 0.462 e. The van der Waals surface area contributed by atoms with Crippen molar-refractivity contribution < 1.29 is 38.9 Å². The van der Waals surface area contributed by atoms with Crippen molar-refractivity contribution in [3.8, 4) is 0 Å². The second-order valence-corrected chi connectivity index (χ2v) is 10.5. The van der Waals surface area contributed by atoms with Gasteiger partial charge in [0.25, 0.3) is 10.2 Å². The number of benzene rings is 1. The molecular formula is C29H34N4O10S. The molecule has 2 heterocycles. The Bertz CT molecular complexity index is 1400. The molecule has 0 N–H and O–H groups in total. The highest BCUT2D eigenvalue weighted by Crippen LogP contribution is 2.21. The lowest BCUT2D eigenvalue weighted by molar-refractivity contribution is -0.757. The molecule has 0 saturated carbocycles. The summed E-state index contributed by atoms with van der Waals surface area (Å²) >= 11 is 1.51. The molecular weight excluding hydrogens is 596 g/mol. The second-order valence-electron chi connectivity index (χ2n) is 9.50. The first-order valence-corrected chi connectivity index (χ1v) is 14.9. The van der Waals surface area contributed by atoms with Crippen LogP contribution in [0.1, 0.15) is 64.9 Å². The highest BCUT2D eigenvalue weighted by molar-refractivity contribution is 7.09. The zero-order valence-electron chi connectivity index (χ0n) is 24.3. The van der Waals surface area contributed by atoms with Crippen molar-refractivity contribution in [2.75, 3.05) is 26.4 Å². The molecule has 0 aliphatic carbocycles. The summed E-state index contributed by atoms with van der Waals surface area (Å²) in [5.41, 5.74) is 2.34. The smallest absolute Gasteiger partial charge is 0.338 e. The topological polar surface area (TPSA) is 175 Å². The molecule has 0 radical (unpaired) electrons. The minimum atomic E-state index is -0.896. The van der Waals surface area contributed by atoms with E-state index in [4.69, 9.17) is 9.47 Å². The number of unbranched alkanes of at least 4 members (excludes halogenated alkanes) is 1. The normalized spacial score (nSPS) is 11.2. The van der Waals surface area contributed by atoms with Crippen LogP contribution in [-0.4, -0.2) is 58.1 Å². The van der Waals surface area contributed by atoms with E-state index in [0.29, 0.717) is 29.8 Å². The van der Waals surface area contributed by atoms with Gasteiger partial charge < -0.3 is 23.7 Å². The summed E-state index contributed by atoms with van der Waals surface area (Å²) < 4.78 is 12.6. The first-order valence-electron chi connectivity index (χ1n) is 14.0. The molecule has 44 heavy (non-hydrogen) atoms. The summed E-state index contributed by atoms with van der Waals surface area (Å²) in [4.78, 5) is 60.1. The van der Waals surface area contributed by atoms with Crippen LogP contribution in [-0.2, 0) is 43.3 Å². The van der Waals surface area contributed by atoms with E-state index in [1.165, 1.54) is 11.3 Å². The molecule has 0 unspecified atom stereocenters. The quantitative estimate of drug-likeness (QED) is 0.0548. The van der Waals surface area contributed by atoms with E-state index < -0.39 is 22.1 Å². The van der Waals surface area contributed by atoms with E-state index in [9.17, 15) is 29.8 Å². The number of nitrogens with zero attached hydrogens (tertiary/aromatic N) is 4. The van der Waals surface area contributed by atoms with Gasteiger partial charge >= 0.3 is 11.9 Å². The van der Waals surface area contributed by atoms with E-state index in [1.54, 1.807) is 36.5 Å². The van der Waals surface area contributed by atoms with Crippen molar-refractivity contribution >= 4 is 29.4 Å². The Kier molecular flexibility index (Phi) is 13.8. The van der Waals surface area contributed by atoms with Gasteiger partial charge in [0, 0.05) is 42.7 Å². The second kappa shape index (κ2) is 18.0. The minimum Gasteiger partial charge on any atom is -0.462 e. The van der Waals surface area contributed by atoms with Gasteiger partial charge in [-0.1, -0.05) is 31.5 Å². The molecule has 14 nitrogen and oxygen atoms in total. The summed E-state index contributed by atoms with van der Waals surface area (Å²) in [5, 5.41) is 20.7. The Morgan fingerprint density at radius 1 is 0.955 bits per heavy atom. The Balaban J connectivity index is 1.76. The number of ether oxygens (including phenoxy) is 2.